The van der Waals surface area contributed by atoms with Crippen molar-refractivity contribution in [2.45, 2.75) is 25.0 Å². The summed E-state index contributed by atoms with van der Waals surface area (Å²) in [4.78, 5) is 27.6. The molecule has 0 aromatic heterocycles. The summed E-state index contributed by atoms with van der Waals surface area (Å²) >= 11 is 0. The number of rotatable bonds is 7. The molecule has 31 heavy (non-hydrogen) atoms. The first kappa shape index (κ1) is 21.3. The molecule has 2 fully saturated rings. The first-order valence-electron chi connectivity index (χ1n) is 10.7. The Morgan fingerprint density at radius 3 is 2.42 bits per heavy atom. The van der Waals surface area contributed by atoms with Crippen LogP contribution in [0.3, 0.4) is 0 Å². The van der Waals surface area contributed by atoms with Gasteiger partial charge in [0.25, 0.3) is 5.91 Å². The van der Waals surface area contributed by atoms with Gasteiger partial charge in [-0.25, -0.2) is 4.79 Å². The van der Waals surface area contributed by atoms with Crippen LogP contribution >= 0.6 is 0 Å². The Morgan fingerprint density at radius 1 is 1.00 bits per heavy atom. The van der Waals surface area contributed by atoms with E-state index in [0.29, 0.717) is 49.8 Å². The number of ether oxygens (including phenoxy) is 4. The van der Waals surface area contributed by atoms with Crippen LogP contribution in [0.1, 0.15) is 34.9 Å². The summed E-state index contributed by atoms with van der Waals surface area (Å²) in [5.74, 6) is -0.128. The van der Waals surface area contributed by atoms with Gasteiger partial charge in [0.1, 0.15) is 12.4 Å². The van der Waals surface area contributed by atoms with Crippen molar-refractivity contribution in [3.8, 4) is 5.75 Å². The van der Waals surface area contributed by atoms with Gasteiger partial charge in [0.15, 0.2) is 0 Å². The van der Waals surface area contributed by atoms with Crippen LogP contribution < -0.4 is 4.74 Å². The highest BCUT2D eigenvalue weighted by molar-refractivity contribution is 5.92. The minimum Gasteiger partial charge on any atom is -0.491 e. The Balaban J connectivity index is 1.42. The molecule has 4 rings (SSSR count). The maximum absolute atomic E-state index is 13.1. The Labute approximate surface area is 181 Å². The van der Waals surface area contributed by atoms with Crippen LogP contribution in [0.2, 0.25) is 0 Å². The van der Waals surface area contributed by atoms with E-state index >= 15 is 0 Å². The highest BCUT2D eigenvalue weighted by atomic mass is 16.6. The minimum absolute atomic E-state index is 0.127. The van der Waals surface area contributed by atoms with Crippen molar-refractivity contribution in [2.75, 3.05) is 39.5 Å². The highest BCUT2D eigenvalue weighted by Crippen LogP contribution is 2.24. The molecule has 7 nitrogen and oxygen atoms in total. The second-order valence-electron chi connectivity index (χ2n) is 7.60. The van der Waals surface area contributed by atoms with Crippen molar-refractivity contribution in [1.82, 2.24) is 4.90 Å². The van der Waals surface area contributed by atoms with Crippen molar-refractivity contribution in [3.63, 3.8) is 0 Å². The number of benzene rings is 2. The first-order chi connectivity index (χ1) is 15.2. The van der Waals surface area contributed by atoms with Crippen LogP contribution in [0.25, 0.3) is 0 Å². The predicted octanol–water partition coefficient (Wildman–Crippen LogP) is 3.00. The fourth-order valence-electron chi connectivity index (χ4n) is 3.67. The second-order valence-corrected chi connectivity index (χ2v) is 7.60. The van der Waals surface area contributed by atoms with Crippen molar-refractivity contribution < 1.29 is 28.5 Å². The average Bonchev–Trinajstić information content (AvgIpc) is 3.36. The Morgan fingerprint density at radius 2 is 1.74 bits per heavy atom. The Hall–Kier alpha value is -2.90. The van der Waals surface area contributed by atoms with E-state index in [1.54, 1.807) is 41.3 Å². The molecular weight excluding hydrogens is 398 g/mol. The summed E-state index contributed by atoms with van der Waals surface area (Å²) in [6.07, 6.45) is 1.19. The summed E-state index contributed by atoms with van der Waals surface area (Å²) in [5.41, 5.74) is 1.00. The van der Waals surface area contributed by atoms with Crippen LogP contribution in [0, 0.1) is 0 Å². The van der Waals surface area contributed by atoms with Gasteiger partial charge in [-0.05, 0) is 37.1 Å². The summed E-state index contributed by atoms with van der Waals surface area (Å²) < 4.78 is 22.3. The molecule has 2 atom stereocenters. The Bertz CT molecular complexity index is 857. The molecule has 0 radical (unpaired) electrons. The lowest BCUT2D eigenvalue weighted by Gasteiger charge is -2.30. The standard InChI is InChI=1S/C24H27NO6/c26-23(25-12-15-28-16-13-25)22(18-5-2-1-3-6-18)31-24(27)19-8-10-20(11-9-19)30-17-21-7-4-14-29-21/h1-3,5-6,8-11,21-22H,4,7,12-17H2/t21-,22+/m1/s1. The molecule has 1 amide bonds. The quantitative estimate of drug-likeness (QED) is 0.635. The van der Waals surface area contributed by atoms with Gasteiger partial charge in [-0.15, -0.1) is 0 Å². The maximum atomic E-state index is 13.1. The van der Waals surface area contributed by atoms with E-state index in [1.807, 2.05) is 18.2 Å². The Kier molecular flexibility index (Phi) is 7.17. The normalized spacial score (nSPS) is 19.6. The van der Waals surface area contributed by atoms with Crippen molar-refractivity contribution in [1.29, 1.82) is 0 Å². The lowest BCUT2D eigenvalue weighted by molar-refractivity contribution is -0.145. The molecule has 2 aromatic rings. The third-order valence-electron chi connectivity index (χ3n) is 5.42. The van der Waals surface area contributed by atoms with E-state index < -0.39 is 12.1 Å². The minimum atomic E-state index is -0.998. The molecule has 0 spiro atoms. The molecule has 2 aliphatic rings. The van der Waals surface area contributed by atoms with Gasteiger partial charge >= 0.3 is 5.97 Å². The average molecular weight is 425 g/mol. The highest BCUT2D eigenvalue weighted by Gasteiger charge is 2.30. The van der Waals surface area contributed by atoms with Crippen LogP contribution in [-0.4, -0.2) is 62.4 Å². The van der Waals surface area contributed by atoms with Crippen LogP contribution in [0.4, 0.5) is 0 Å². The molecule has 0 saturated carbocycles. The predicted molar refractivity (Wildman–Crippen MR) is 113 cm³/mol. The number of amides is 1. The van der Waals surface area contributed by atoms with Crippen molar-refractivity contribution in [2.24, 2.45) is 0 Å². The molecule has 0 bridgehead atoms. The van der Waals surface area contributed by atoms with Crippen molar-refractivity contribution >= 4 is 11.9 Å². The molecule has 0 aliphatic carbocycles. The number of morpholine rings is 1. The molecule has 2 aliphatic heterocycles. The zero-order chi connectivity index (χ0) is 21.5. The van der Waals surface area contributed by atoms with Gasteiger partial charge in [0, 0.05) is 25.3 Å². The fraction of sp³-hybridized carbons (Fsp3) is 0.417. The van der Waals surface area contributed by atoms with Crippen LogP contribution in [0.5, 0.6) is 5.75 Å². The monoisotopic (exact) mass is 425 g/mol. The van der Waals surface area contributed by atoms with E-state index in [1.165, 1.54) is 0 Å². The van der Waals surface area contributed by atoms with E-state index in [2.05, 4.69) is 0 Å². The maximum Gasteiger partial charge on any atom is 0.339 e. The summed E-state index contributed by atoms with van der Waals surface area (Å²) in [6, 6.07) is 15.8. The van der Waals surface area contributed by atoms with Crippen LogP contribution in [-0.2, 0) is 19.0 Å². The second kappa shape index (κ2) is 10.4. The molecule has 2 heterocycles. The molecule has 0 N–H and O–H groups in total. The fourth-order valence-corrected chi connectivity index (χ4v) is 3.67. The number of nitrogens with zero attached hydrogens (tertiary/aromatic N) is 1. The van der Waals surface area contributed by atoms with Gasteiger partial charge in [0.05, 0.1) is 24.9 Å². The third kappa shape index (κ3) is 5.62. The van der Waals surface area contributed by atoms with Gasteiger partial charge in [0.2, 0.25) is 6.10 Å². The van der Waals surface area contributed by atoms with Gasteiger partial charge in [-0.1, -0.05) is 30.3 Å². The largest absolute Gasteiger partial charge is 0.491 e. The molecule has 2 aromatic carbocycles. The van der Waals surface area contributed by atoms with Crippen LogP contribution in [0.15, 0.2) is 54.6 Å². The van der Waals surface area contributed by atoms with E-state index in [4.69, 9.17) is 18.9 Å². The summed E-state index contributed by atoms with van der Waals surface area (Å²) in [6.45, 7) is 3.20. The van der Waals surface area contributed by atoms with Gasteiger partial charge < -0.3 is 23.8 Å². The molecule has 2 saturated heterocycles. The topological polar surface area (TPSA) is 74.3 Å². The molecular formula is C24H27NO6. The number of carbonyl (C=O) groups is 2. The molecule has 0 unspecified atom stereocenters. The summed E-state index contributed by atoms with van der Waals surface area (Å²) in [7, 11) is 0. The lowest BCUT2D eigenvalue weighted by atomic mass is 10.1. The lowest BCUT2D eigenvalue weighted by Crippen LogP contribution is -2.44. The molecule has 7 heteroatoms. The third-order valence-corrected chi connectivity index (χ3v) is 5.42. The van der Waals surface area contributed by atoms with Crippen molar-refractivity contribution in [3.05, 3.63) is 65.7 Å². The van der Waals surface area contributed by atoms with E-state index in [0.717, 1.165) is 19.4 Å². The number of carbonyl (C=O) groups excluding carboxylic acids is 2. The number of hydrogen-bond acceptors (Lipinski definition) is 6. The molecule has 164 valence electrons. The number of hydrogen-bond donors (Lipinski definition) is 0. The van der Waals surface area contributed by atoms with E-state index in [9.17, 15) is 9.59 Å². The smallest absolute Gasteiger partial charge is 0.339 e. The SMILES string of the molecule is O=C(O[C@H](C(=O)N1CCOCC1)c1ccccc1)c1ccc(OC[C@H]2CCCO2)cc1. The van der Waals surface area contributed by atoms with Gasteiger partial charge in [-0.2, -0.15) is 0 Å². The zero-order valence-electron chi connectivity index (χ0n) is 17.4. The zero-order valence-corrected chi connectivity index (χ0v) is 17.4. The summed E-state index contributed by atoms with van der Waals surface area (Å²) in [5, 5.41) is 0. The first-order valence-corrected chi connectivity index (χ1v) is 10.7. The number of esters is 1. The van der Waals surface area contributed by atoms with E-state index in [-0.39, 0.29) is 12.0 Å². The van der Waals surface area contributed by atoms with Gasteiger partial charge in [-0.3, -0.25) is 4.79 Å².